The van der Waals surface area contributed by atoms with Crippen molar-refractivity contribution in [1.82, 2.24) is 4.90 Å². The number of amides is 2. The van der Waals surface area contributed by atoms with Gasteiger partial charge in [-0.25, -0.2) is 9.69 Å². The predicted molar refractivity (Wildman–Crippen MR) is 125 cm³/mol. The summed E-state index contributed by atoms with van der Waals surface area (Å²) in [6.07, 6.45) is -9.84. The van der Waals surface area contributed by atoms with Gasteiger partial charge in [-0.2, -0.15) is 26.3 Å². The van der Waals surface area contributed by atoms with E-state index in [4.69, 9.17) is 0 Å². The standard InChI is InChI=1S/C24H25F6N3O5/c1-4-6-9-31(5-2)20-8-7-16(23(25,26)27)13-19(20)21(34)32(22(35)38-3)14-15-10-17(24(28,29)30)12-18(11-15)33(36)37/h7-8,10-13H,4-6,9,14H2,1-3H3. The SMILES string of the molecule is CCCCN(CC)c1ccc(C(F)(F)F)cc1C(=O)N(Cc1cc([N+](=O)[O-])cc(C(F)(F)F)c1)C(=O)OC. The number of carbonyl (C=O) groups excluding carboxylic acids is 2. The zero-order valence-corrected chi connectivity index (χ0v) is 20.7. The smallest absolute Gasteiger partial charge is 0.416 e. The van der Waals surface area contributed by atoms with Gasteiger partial charge in [-0.05, 0) is 43.2 Å². The van der Waals surface area contributed by atoms with E-state index in [1.54, 1.807) is 11.8 Å². The van der Waals surface area contributed by atoms with Gasteiger partial charge >= 0.3 is 18.4 Å². The molecule has 2 aromatic carbocycles. The van der Waals surface area contributed by atoms with Gasteiger partial charge in [0.05, 0.1) is 35.3 Å². The number of nitrogens with zero attached hydrogens (tertiary/aromatic N) is 3. The Bertz CT molecular complexity index is 1180. The Hall–Kier alpha value is -3.84. The number of nitro benzene ring substituents is 1. The molecular weight excluding hydrogens is 524 g/mol. The number of ether oxygens (including phenoxy) is 1. The second-order valence-electron chi connectivity index (χ2n) is 8.17. The molecule has 0 aliphatic carbocycles. The summed E-state index contributed by atoms with van der Waals surface area (Å²) in [7, 11) is 0.865. The first-order valence-corrected chi connectivity index (χ1v) is 11.4. The number of unbranched alkanes of at least 4 members (excludes halogenated alkanes) is 1. The van der Waals surface area contributed by atoms with Crippen LogP contribution in [-0.4, -0.2) is 42.0 Å². The molecule has 2 aromatic rings. The van der Waals surface area contributed by atoms with Gasteiger partial charge in [-0.15, -0.1) is 0 Å². The van der Waals surface area contributed by atoms with E-state index >= 15 is 0 Å². The van der Waals surface area contributed by atoms with Crippen LogP contribution in [0.1, 0.15) is 53.7 Å². The van der Waals surface area contributed by atoms with E-state index in [0.29, 0.717) is 36.5 Å². The van der Waals surface area contributed by atoms with Crippen LogP contribution in [0.25, 0.3) is 0 Å². The van der Waals surface area contributed by atoms with Crippen molar-refractivity contribution in [1.29, 1.82) is 0 Å². The average Bonchev–Trinajstić information content (AvgIpc) is 2.85. The Morgan fingerprint density at radius 2 is 1.61 bits per heavy atom. The van der Waals surface area contributed by atoms with Crippen molar-refractivity contribution in [2.45, 2.75) is 45.6 Å². The lowest BCUT2D eigenvalue weighted by Crippen LogP contribution is -2.38. The fourth-order valence-electron chi connectivity index (χ4n) is 3.65. The van der Waals surface area contributed by atoms with Crippen LogP contribution in [0.2, 0.25) is 0 Å². The first-order valence-electron chi connectivity index (χ1n) is 11.4. The molecule has 0 aliphatic heterocycles. The van der Waals surface area contributed by atoms with Crippen molar-refractivity contribution < 1.29 is 45.6 Å². The highest BCUT2D eigenvalue weighted by molar-refractivity contribution is 6.06. The summed E-state index contributed by atoms with van der Waals surface area (Å²) in [5, 5.41) is 11.2. The molecule has 0 fully saturated rings. The van der Waals surface area contributed by atoms with Crippen molar-refractivity contribution >= 4 is 23.4 Å². The van der Waals surface area contributed by atoms with E-state index < -0.39 is 63.8 Å². The number of benzene rings is 2. The minimum Gasteiger partial charge on any atom is -0.452 e. The number of imide groups is 1. The molecule has 0 bridgehead atoms. The molecule has 0 spiro atoms. The van der Waals surface area contributed by atoms with Crippen molar-refractivity contribution in [2.75, 3.05) is 25.1 Å². The van der Waals surface area contributed by atoms with Gasteiger partial charge in [-0.3, -0.25) is 14.9 Å². The molecule has 0 heterocycles. The van der Waals surface area contributed by atoms with Gasteiger partial charge in [0.25, 0.3) is 11.6 Å². The molecule has 0 atom stereocenters. The first-order chi connectivity index (χ1) is 17.6. The Balaban J connectivity index is 2.68. The lowest BCUT2D eigenvalue weighted by Gasteiger charge is -2.28. The molecule has 8 nitrogen and oxygen atoms in total. The number of halogens is 6. The van der Waals surface area contributed by atoms with Gasteiger partial charge in [0.15, 0.2) is 0 Å². The van der Waals surface area contributed by atoms with Crippen LogP contribution in [0.5, 0.6) is 0 Å². The normalized spacial score (nSPS) is 11.7. The summed E-state index contributed by atoms with van der Waals surface area (Å²) in [5.41, 5.74) is -4.47. The second-order valence-corrected chi connectivity index (χ2v) is 8.17. The molecule has 2 rings (SSSR count). The minimum atomic E-state index is -4.99. The summed E-state index contributed by atoms with van der Waals surface area (Å²) >= 11 is 0. The molecule has 14 heteroatoms. The number of nitro groups is 1. The van der Waals surface area contributed by atoms with Crippen molar-refractivity contribution in [2.24, 2.45) is 0 Å². The number of alkyl halides is 6. The van der Waals surface area contributed by atoms with Gasteiger partial charge < -0.3 is 9.64 Å². The van der Waals surface area contributed by atoms with Gasteiger partial charge in [0.1, 0.15) is 0 Å². The highest BCUT2D eigenvalue weighted by Crippen LogP contribution is 2.35. The van der Waals surface area contributed by atoms with Crippen LogP contribution < -0.4 is 4.90 Å². The van der Waals surface area contributed by atoms with Gasteiger partial charge in [0.2, 0.25) is 0 Å². The molecule has 0 unspecified atom stereocenters. The number of hydrogen-bond donors (Lipinski definition) is 0. The monoisotopic (exact) mass is 549 g/mol. The highest BCUT2D eigenvalue weighted by atomic mass is 19.4. The topological polar surface area (TPSA) is 93.0 Å². The van der Waals surface area contributed by atoms with E-state index in [0.717, 1.165) is 31.7 Å². The van der Waals surface area contributed by atoms with E-state index in [1.807, 2.05) is 6.92 Å². The van der Waals surface area contributed by atoms with Crippen molar-refractivity contribution in [3.05, 3.63) is 68.8 Å². The van der Waals surface area contributed by atoms with E-state index in [1.165, 1.54) is 0 Å². The van der Waals surface area contributed by atoms with E-state index in [9.17, 15) is 46.0 Å². The maximum atomic E-state index is 13.5. The lowest BCUT2D eigenvalue weighted by atomic mass is 10.0. The summed E-state index contributed by atoms with van der Waals surface area (Å²) < 4.78 is 85.0. The Morgan fingerprint density at radius 1 is 0.974 bits per heavy atom. The highest BCUT2D eigenvalue weighted by Gasteiger charge is 2.36. The Morgan fingerprint density at radius 3 is 2.11 bits per heavy atom. The molecule has 0 saturated carbocycles. The van der Waals surface area contributed by atoms with Crippen LogP contribution in [0.4, 0.5) is 42.5 Å². The number of anilines is 1. The van der Waals surface area contributed by atoms with E-state index in [-0.39, 0.29) is 11.8 Å². The van der Waals surface area contributed by atoms with Crippen molar-refractivity contribution in [3.8, 4) is 0 Å². The fraction of sp³-hybridized carbons (Fsp3) is 0.417. The summed E-state index contributed by atoms with van der Waals surface area (Å²) in [6, 6.07) is 3.93. The maximum Gasteiger partial charge on any atom is 0.416 e. The first kappa shape index (κ1) is 30.4. The van der Waals surface area contributed by atoms with E-state index in [2.05, 4.69) is 4.74 Å². The fourth-order valence-corrected chi connectivity index (χ4v) is 3.65. The zero-order chi connectivity index (χ0) is 28.8. The molecule has 0 aromatic heterocycles. The number of methoxy groups -OCH3 is 1. The van der Waals surface area contributed by atoms with Gasteiger partial charge in [0, 0.05) is 30.9 Å². The third kappa shape index (κ3) is 7.35. The third-order valence-electron chi connectivity index (χ3n) is 5.55. The quantitative estimate of drug-likeness (QED) is 0.197. The summed E-state index contributed by atoms with van der Waals surface area (Å²) in [6.45, 7) is 3.33. The summed E-state index contributed by atoms with van der Waals surface area (Å²) in [5.74, 6) is -1.28. The predicted octanol–water partition coefficient (Wildman–Crippen LogP) is 6.67. The van der Waals surface area contributed by atoms with Crippen LogP contribution in [0.15, 0.2) is 36.4 Å². The third-order valence-corrected chi connectivity index (χ3v) is 5.55. The number of hydrogen-bond acceptors (Lipinski definition) is 6. The molecule has 38 heavy (non-hydrogen) atoms. The molecule has 2 amide bonds. The lowest BCUT2D eigenvalue weighted by molar-refractivity contribution is -0.385. The van der Waals surface area contributed by atoms with Gasteiger partial charge in [-0.1, -0.05) is 13.3 Å². The summed E-state index contributed by atoms with van der Waals surface area (Å²) in [4.78, 5) is 38.1. The Kier molecular flexibility index (Phi) is 9.70. The molecule has 208 valence electrons. The molecule has 0 aliphatic rings. The largest absolute Gasteiger partial charge is 0.452 e. The molecule has 0 radical (unpaired) electrons. The number of non-ortho nitro benzene ring substituents is 1. The molecular formula is C24H25F6N3O5. The van der Waals surface area contributed by atoms with Crippen molar-refractivity contribution in [3.63, 3.8) is 0 Å². The van der Waals surface area contributed by atoms with Crippen LogP contribution >= 0.6 is 0 Å². The van der Waals surface area contributed by atoms with Crippen LogP contribution in [0, 0.1) is 10.1 Å². The number of rotatable bonds is 9. The number of carbonyl (C=O) groups is 2. The molecule has 0 N–H and O–H groups in total. The van der Waals surface area contributed by atoms with Crippen LogP contribution in [0.3, 0.4) is 0 Å². The van der Waals surface area contributed by atoms with Crippen LogP contribution in [-0.2, 0) is 23.6 Å². The minimum absolute atomic E-state index is 0.0721. The maximum absolute atomic E-state index is 13.5. The molecule has 0 saturated heterocycles. The zero-order valence-electron chi connectivity index (χ0n) is 20.7. The second kappa shape index (κ2) is 12.1. The Labute approximate surface area is 213 Å². The average molecular weight is 549 g/mol.